The smallest absolute Gasteiger partial charge is 0.0870 e. The number of nitrogens with one attached hydrogen (secondary N) is 2. The zero-order valence-electron chi connectivity index (χ0n) is 13.8. The third-order valence-corrected chi connectivity index (χ3v) is 4.72. The van der Waals surface area contributed by atoms with Crippen molar-refractivity contribution in [3.63, 3.8) is 0 Å². The summed E-state index contributed by atoms with van der Waals surface area (Å²) in [6, 6.07) is 2.84. The number of aromatic nitrogens is 1. The Balaban J connectivity index is 1.80. The van der Waals surface area contributed by atoms with Crippen molar-refractivity contribution in [2.45, 2.75) is 64.8 Å². The lowest BCUT2D eigenvalue weighted by atomic mass is 10.1. The number of rotatable bonds is 3. The lowest BCUT2D eigenvalue weighted by molar-refractivity contribution is 0.530. The maximum atomic E-state index is 4.53. The Morgan fingerprint density at radius 2 is 2.05 bits per heavy atom. The van der Waals surface area contributed by atoms with Gasteiger partial charge in [-0.25, -0.2) is 0 Å². The Hall–Kier alpha value is -1.77. The van der Waals surface area contributed by atoms with Gasteiger partial charge in [0.15, 0.2) is 0 Å². The van der Waals surface area contributed by atoms with Crippen LogP contribution in [0.15, 0.2) is 22.7 Å². The number of aryl methyl sites for hydroxylation is 1. The highest BCUT2D eigenvalue weighted by atomic mass is 14.9. The first kappa shape index (κ1) is 15.1. The van der Waals surface area contributed by atoms with Crippen molar-refractivity contribution < 1.29 is 0 Å². The monoisotopic (exact) mass is 297 g/mol. The highest BCUT2D eigenvalue weighted by Crippen LogP contribution is 2.17. The molecule has 3 nitrogen and oxygen atoms in total. The molecular formula is C19H27N3. The predicted molar refractivity (Wildman–Crippen MR) is 94.1 cm³/mol. The number of hydrogen-bond acceptors (Lipinski definition) is 2. The van der Waals surface area contributed by atoms with Gasteiger partial charge in [-0.1, -0.05) is 32.6 Å². The summed E-state index contributed by atoms with van der Waals surface area (Å²) >= 11 is 0. The van der Waals surface area contributed by atoms with E-state index >= 15 is 0 Å². The molecule has 22 heavy (non-hydrogen) atoms. The van der Waals surface area contributed by atoms with Crippen LogP contribution in [0.4, 0.5) is 0 Å². The summed E-state index contributed by atoms with van der Waals surface area (Å²) in [5, 5.41) is 5.91. The van der Waals surface area contributed by atoms with E-state index in [0.717, 1.165) is 22.8 Å². The SMILES string of the molecule is CCC1=CC(=c2[nH]c(=CNC3CCCCCC3)cc2C)N=C1. The van der Waals surface area contributed by atoms with Crippen LogP contribution in [0.1, 0.15) is 57.4 Å². The summed E-state index contributed by atoms with van der Waals surface area (Å²) in [5.41, 5.74) is 3.62. The highest BCUT2D eigenvalue weighted by molar-refractivity contribution is 5.91. The number of aromatic amines is 1. The van der Waals surface area contributed by atoms with Crippen LogP contribution in [0.3, 0.4) is 0 Å². The number of H-pyrrole nitrogens is 1. The molecule has 118 valence electrons. The van der Waals surface area contributed by atoms with E-state index in [-0.39, 0.29) is 0 Å². The van der Waals surface area contributed by atoms with Gasteiger partial charge >= 0.3 is 0 Å². The van der Waals surface area contributed by atoms with Crippen molar-refractivity contribution in [2.24, 2.45) is 4.99 Å². The van der Waals surface area contributed by atoms with E-state index in [4.69, 9.17) is 0 Å². The first-order valence-electron chi connectivity index (χ1n) is 8.67. The molecule has 3 heteroatoms. The van der Waals surface area contributed by atoms with Gasteiger partial charge in [0, 0.05) is 18.5 Å². The zero-order valence-corrected chi connectivity index (χ0v) is 13.8. The van der Waals surface area contributed by atoms with Gasteiger partial charge in [-0.05, 0) is 49.5 Å². The summed E-state index contributed by atoms with van der Waals surface area (Å²) in [6.45, 7) is 4.31. The van der Waals surface area contributed by atoms with E-state index in [9.17, 15) is 0 Å². The van der Waals surface area contributed by atoms with Gasteiger partial charge in [-0.2, -0.15) is 0 Å². The minimum absolute atomic E-state index is 0.637. The molecule has 1 aliphatic carbocycles. The molecular weight excluding hydrogens is 270 g/mol. The third kappa shape index (κ3) is 3.52. The average molecular weight is 297 g/mol. The summed E-state index contributed by atoms with van der Waals surface area (Å²) in [6.07, 6.45) is 15.4. The lowest BCUT2D eigenvalue weighted by Gasteiger charge is -2.13. The molecule has 0 unspecified atom stereocenters. The largest absolute Gasteiger partial charge is 0.386 e. The molecule has 1 aromatic rings. The molecule has 3 rings (SSSR count). The maximum Gasteiger partial charge on any atom is 0.0870 e. The average Bonchev–Trinajstić information content (AvgIpc) is 3.04. The van der Waals surface area contributed by atoms with Crippen molar-refractivity contribution in [3.8, 4) is 0 Å². The molecule has 0 radical (unpaired) electrons. The Kier molecular flexibility index (Phi) is 4.81. The molecule has 1 aromatic heterocycles. The van der Waals surface area contributed by atoms with Crippen molar-refractivity contribution in [1.82, 2.24) is 10.3 Å². The fourth-order valence-electron chi connectivity index (χ4n) is 3.31. The van der Waals surface area contributed by atoms with Gasteiger partial charge in [0.25, 0.3) is 0 Å². The van der Waals surface area contributed by atoms with Crippen molar-refractivity contribution in [2.75, 3.05) is 0 Å². The van der Waals surface area contributed by atoms with Crippen LogP contribution in [0, 0.1) is 6.92 Å². The molecule has 0 saturated heterocycles. The molecule has 1 fully saturated rings. The second-order valence-electron chi connectivity index (χ2n) is 6.50. The minimum atomic E-state index is 0.637. The van der Waals surface area contributed by atoms with Gasteiger partial charge in [0.2, 0.25) is 0 Å². The fraction of sp³-hybridized carbons (Fsp3) is 0.526. The van der Waals surface area contributed by atoms with Gasteiger partial charge in [0.05, 0.1) is 16.4 Å². The topological polar surface area (TPSA) is 40.2 Å². The first-order chi connectivity index (χ1) is 10.8. The molecule has 0 amide bonds. The van der Waals surface area contributed by atoms with Crippen LogP contribution in [-0.4, -0.2) is 17.2 Å². The van der Waals surface area contributed by atoms with Crippen LogP contribution in [0.2, 0.25) is 0 Å². The van der Waals surface area contributed by atoms with Crippen molar-refractivity contribution in [1.29, 1.82) is 0 Å². The molecule has 2 heterocycles. The van der Waals surface area contributed by atoms with Gasteiger partial charge in [-0.15, -0.1) is 0 Å². The van der Waals surface area contributed by atoms with Crippen LogP contribution in [-0.2, 0) is 0 Å². The van der Waals surface area contributed by atoms with Crippen LogP contribution >= 0.6 is 0 Å². The molecule has 2 aliphatic rings. The van der Waals surface area contributed by atoms with E-state index in [1.807, 2.05) is 6.21 Å². The third-order valence-electron chi connectivity index (χ3n) is 4.72. The predicted octanol–water partition coefficient (Wildman–Crippen LogP) is 2.90. The Morgan fingerprint density at radius 1 is 1.27 bits per heavy atom. The first-order valence-corrected chi connectivity index (χ1v) is 8.67. The van der Waals surface area contributed by atoms with Crippen LogP contribution in [0.5, 0.6) is 0 Å². The van der Waals surface area contributed by atoms with Gasteiger partial charge < -0.3 is 10.3 Å². The molecule has 0 atom stereocenters. The fourth-order valence-corrected chi connectivity index (χ4v) is 3.31. The molecule has 0 spiro atoms. The normalized spacial score (nSPS) is 22.8. The summed E-state index contributed by atoms with van der Waals surface area (Å²) in [4.78, 5) is 8.04. The number of allylic oxidation sites excluding steroid dienone is 1. The van der Waals surface area contributed by atoms with Crippen LogP contribution in [0.25, 0.3) is 11.9 Å². The van der Waals surface area contributed by atoms with E-state index in [1.54, 1.807) is 0 Å². The van der Waals surface area contributed by atoms with Crippen molar-refractivity contribution in [3.05, 3.63) is 34.0 Å². The van der Waals surface area contributed by atoms with Gasteiger partial charge in [-0.3, -0.25) is 4.99 Å². The Bertz CT molecular complexity index is 683. The molecule has 1 saturated carbocycles. The number of aliphatic imine (C=N–C) groups is 1. The van der Waals surface area contributed by atoms with Gasteiger partial charge in [0.1, 0.15) is 0 Å². The Morgan fingerprint density at radius 3 is 2.73 bits per heavy atom. The highest BCUT2D eigenvalue weighted by Gasteiger charge is 2.10. The summed E-state index contributed by atoms with van der Waals surface area (Å²) in [5.74, 6) is 0. The second-order valence-corrected chi connectivity index (χ2v) is 6.50. The van der Waals surface area contributed by atoms with Crippen molar-refractivity contribution >= 4 is 18.1 Å². The Labute approximate surface area is 132 Å². The van der Waals surface area contributed by atoms with E-state index < -0.39 is 0 Å². The van der Waals surface area contributed by atoms with Crippen LogP contribution < -0.4 is 16.0 Å². The quantitative estimate of drug-likeness (QED) is 0.828. The number of hydrogen-bond donors (Lipinski definition) is 2. The molecule has 0 aromatic carbocycles. The lowest BCUT2D eigenvalue weighted by Crippen LogP contribution is -2.26. The molecule has 2 N–H and O–H groups in total. The summed E-state index contributed by atoms with van der Waals surface area (Å²) in [7, 11) is 0. The number of nitrogens with zero attached hydrogens (tertiary/aromatic N) is 1. The zero-order chi connectivity index (χ0) is 15.4. The standard InChI is InChI=1S/C19H27N3/c1-3-15-11-18(21-12-15)19-14(2)10-17(22-19)13-20-16-8-6-4-5-7-9-16/h10-13,16,20,22H,3-9H2,1-2H3. The maximum absolute atomic E-state index is 4.53. The minimum Gasteiger partial charge on any atom is -0.386 e. The summed E-state index contributed by atoms with van der Waals surface area (Å²) < 4.78 is 0. The molecule has 0 bridgehead atoms. The molecule has 1 aliphatic heterocycles. The second kappa shape index (κ2) is 6.99. The van der Waals surface area contributed by atoms with E-state index in [0.29, 0.717) is 6.04 Å². The van der Waals surface area contributed by atoms with E-state index in [1.165, 1.54) is 49.7 Å². The van der Waals surface area contributed by atoms with E-state index in [2.05, 4.69) is 47.5 Å².